The Morgan fingerprint density at radius 1 is 1.20 bits per heavy atom. The van der Waals surface area contributed by atoms with Gasteiger partial charge in [-0.25, -0.2) is 0 Å². The highest BCUT2D eigenvalue weighted by Gasteiger charge is 2.11. The maximum Gasteiger partial charge on any atom is 0.253 e. The van der Waals surface area contributed by atoms with Crippen LogP contribution in [0.1, 0.15) is 38.1 Å². The van der Waals surface area contributed by atoms with Gasteiger partial charge in [-0.1, -0.05) is 18.2 Å². The number of nitrogens with one attached hydrogen (secondary N) is 1. The summed E-state index contributed by atoms with van der Waals surface area (Å²) in [6, 6.07) is 7.95. The summed E-state index contributed by atoms with van der Waals surface area (Å²) in [6.45, 7) is 9.21. The van der Waals surface area contributed by atoms with Crippen LogP contribution < -0.4 is 10.1 Å². The average Bonchev–Trinajstić information content (AvgIpc) is 2.80. The average molecular weight is 275 g/mol. The van der Waals surface area contributed by atoms with Crippen LogP contribution in [-0.4, -0.2) is 15.7 Å². The number of aryl methyl sites for hydroxylation is 1. The quantitative estimate of drug-likeness (QED) is 0.909. The third-order valence-corrected chi connectivity index (χ3v) is 2.70. The van der Waals surface area contributed by atoms with Crippen molar-refractivity contribution in [3.8, 4) is 5.75 Å². The number of para-hydroxylation sites is 1. The molecular formula is C15H21N3O2. The largest absolute Gasteiger partial charge is 0.483 e. The molecule has 108 valence electrons. The van der Waals surface area contributed by atoms with Gasteiger partial charge in [-0.3, -0.25) is 0 Å². The zero-order valence-corrected chi connectivity index (χ0v) is 12.4. The van der Waals surface area contributed by atoms with Crippen molar-refractivity contribution < 1.29 is 9.15 Å². The van der Waals surface area contributed by atoms with Crippen molar-refractivity contribution in [2.75, 3.05) is 0 Å². The van der Waals surface area contributed by atoms with E-state index >= 15 is 0 Å². The second kappa shape index (κ2) is 6.05. The lowest BCUT2D eigenvalue weighted by Gasteiger charge is -2.21. The molecule has 0 saturated heterocycles. The van der Waals surface area contributed by atoms with E-state index in [9.17, 15) is 0 Å². The minimum Gasteiger partial charge on any atom is -0.483 e. The Balaban J connectivity index is 2.00. The monoisotopic (exact) mass is 275 g/mol. The van der Waals surface area contributed by atoms with Gasteiger partial charge < -0.3 is 14.5 Å². The Bertz CT molecular complexity index is 558. The van der Waals surface area contributed by atoms with E-state index in [1.165, 1.54) is 0 Å². The lowest BCUT2D eigenvalue weighted by molar-refractivity contribution is 0.257. The number of benzene rings is 1. The highest BCUT2D eigenvalue weighted by molar-refractivity contribution is 5.33. The molecule has 0 fully saturated rings. The molecule has 1 aromatic carbocycles. The van der Waals surface area contributed by atoms with E-state index in [0.29, 0.717) is 11.8 Å². The molecule has 0 saturated carbocycles. The van der Waals surface area contributed by atoms with Gasteiger partial charge in [0, 0.05) is 24.6 Å². The molecule has 5 nitrogen and oxygen atoms in total. The third kappa shape index (κ3) is 4.35. The van der Waals surface area contributed by atoms with Crippen molar-refractivity contribution in [3.63, 3.8) is 0 Å². The zero-order valence-electron chi connectivity index (χ0n) is 12.4. The first kappa shape index (κ1) is 14.5. The predicted molar refractivity (Wildman–Crippen MR) is 76.4 cm³/mol. The molecule has 1 N–H and O–H groups in total. The van der Waals surface area contributed by atoms with Crippen molar-refractivity contribution in [2.24, 2.45) is 0 Å². The van der Waals surface area contributed by atoms with E-state index in [-0.39, 0.29) is 12.1 Å². The number of nitrogens with zero attached hydrogens (tertiary/aromatic N) is 2. The SMILES string of the molecule is Cc1nnc(COc2ccccc2CNC(C)(C)C)o1. The molecule has 0 aliphatic carbocycles. The zero-order chi connectivity index (χ0) is 14.6. The summed E-state index contributed by atoms with van der Waals surface area (Å²) in [5.74, 6) is 1.87. The summed E-state index contributed by atoms with van der Waals surface area (Å²) in [6.07, 6.45) is 0. The molecule has 0 aliphatic heterocycles. The highest BCUT2D eigenvalue weighted by atomic mass is 16.5. The van der Waals surface area contributed by atoms with Gasteiger partial charge in [-0.2, -0.15) is 0 Å². The van der Waals surface area contributed by atoms with Gasteiger partial charge in [0.25, 0.3) is 5.89 Å². The molecule has 1 heterocycles. The van der Waals surface area contributed by atoms with Crippen molar-refractivity contribution in [2.45, 2.75) is 46.4 Å². The second-order valence-electron chi connectivity index (χ2n) is 5.71. The summed E-state index contributed by atoms with van der Waals surface area (Å²) in [5.41, 5.74) is 1.18. The van der Waals surface area contributed by atoms with E-state index < -0.39 is 0 Å². The van der Waals surface area contributed by atoms with Gasteiger partial charge in [0.05, 0.1) is 0 Å². The molecule has 5 heteroatoms. The summed E-state index contributed by atoms with van der Waals surface area (Å²) in [4.78, 5) is 0. The molecule has 20 heavy (non-hydrogen) atoms. The molecule has 0 bridgehead atoms. The van der Waals surface area contributed by atoms with Gasteiger partial charge in [-0.05, 0) is 26.8 Å². The molecule has 0 radical (unpaired) electrons. The van der Waals surface area contributed by atoms with Crippen LogP contribution in [0.5, 0.6) is 5.75 Å². The summed E-state index contributed by atoms with van der Waals surface area (Å²) < 4.78 is 11.1. The lowest BCUT2D eigenvalue weighted by Crippen LogP contribution is -2.35. The fourth-order valence-electron chi connectivity index (χ4n) is 1.69. The van der Waals surface area contributed by atoms with Crippen molar-refractivity contribution in [3.05, 3.63) is 41.6 Å². The Morgan fingerprint density at radius 3 is 2.60 bits per heavy atom. The van der Waals surface area contributed by atoms with E-state index in [2.05, 4.69) is 36.3 Å². The predicted octanol–water partition coefficient (Wildman–Crippen LogP) is 2.85. The Kier molecular flexibility index (Phi) is 4.39. The van der Waals surface area contributed by atoms with Gasteiger partial charge in [-0.15, -0.1) is 10.2 Å². The third-order valence-electron chi connectivity index (χ3n) is 2.70. The van der Waals surface area contributed by atoms with E-state index in [4.69, 9.17) is 9.15 Å². The topological polar surface area (TPSA) is 60.2 Å². The van der Waals surface area contributed by atoms with E-state index in [0.717, 1.165) is 17.9 Å². The molecule has 0 amide bonds. The standard InChI is InChI=1S/C15H21N3O2/c1-11-17-18-14(20-11)10-19-13-8-6-5-7-12(13)9-16-15(2,3)4/h5-8,16H,9-10H2,1-4H3. The fourth-order valence-corrected chi connectivity index (χ4v) is 1.69. The minimum absolute atomic E-state index is 0.0662. The van der Waals surface area contributed by atoms with Crippen molar-refractivity contribution in [1.82, 2.24) is 15.5 Å². The second-order valence-corrected chi connectivity index (χ2v) is 5.71. The number of hydrogen-bond donors (Lipinski definition) is 1. The number of hydrogen-bond acceptors (Lipinski definition) is 5. The smallest absolute Gasteiger partial charge is 0.253 e. The number of ether oxygens (including phenoxy) is 1. The fraction of sp³-hybridized carbons (Fsp3) is 0.467. The van der Waals surface area contributed by atoms with Crippen LogP contribution >= 0.6 is 0 Å². The van der Waals surface area contributed by atoms with Crippen molar-refractivity contribution in [1.29, 1.82) is 0 Å². The van der Waals surface area contributed by atoms with Gasteiger partial charge >= 0.3 is 0 Å². The molecule has 2 rings (SSSR count). The lowest BCUT2D eigenvalue weighted by atomic mass is 10.1. The van der Waals surface area contributed by atoms with Crippen LogP contribution in [-0.2, 0) is 13.2 Å². The maximum absolute atomic E-state index is 5.77. The van der Waals surface area contributed by atoms with Crippen LogP contribution in [0.15, 0.2) is 28.7 Å². The first-order chi connectivity index (χ1) is 9.44. The summed E-state index contributed by atoms with van der Waals surface area (Å²) in [5, 5.41) is 11.1. The number of aromatic nitrogens is 2. The molecule has 0 unspecified atom stereocenters. The Morgan fingerprint density at radius 2 is 1.95 bits per heavy atom. The van der Waals surface area contributed by atoms with Gasteiger partial charge in [0.2, 0.25) is 5.89 Å². The van der Waals surface area contributed by atoms with Crippen LogP contribution in [0.2, 0.25) is 0 Å². The molecule has 0 atom stereocenters. The van der Waals surface area contributed by atoms with Crippen LogP contribution in [0.4, 0.5) is 0 Å². The minimum atomic E-state index is 0.0662. The van der Waals surface area contributed by atoms with E-state index in [1.807, 2.05) is 24.3 Å². The molecule has 2 aromatic rings. The first-order valence-electron chi connectivity index (χ1n) is 6.69. The van der Waals surface area contributed by atoms with E-state index in [1.54, 1.807) is 6.92 Å². The van der Waals surface area contributed by atoms with Crippen molar-refractivity contribution >= 4 is 0 Å². The van der Waals surface area contributed by atoms with Gasteiger partial charge in [0.15, 0.2) is 6.61 Å². The maximum atomic E-state index is 5.77. The van der Waals surface area contributed by atoms with Crippen LogP contribution in [0.25, 0.3) is 0 Å². The first-order valence-corrected chi connectivity index (χ1v) is 6.69. The summed E-state index contributed by atoms with van der Waals surface area (Å²) >= 11 is 0. The molecule has 0 spiro atoms. The van der Waals surface area contributed by atoms with Crippen LogP contribution in [0.3, 0.4) is 0 Å². The summed E-state index contributed by atoms with van der Waals surface area (Å²) in [7, 11) is 0. The Labute approximate surface area is 119 Å². The molecular weight excluding hydrogens is 254 g/mol. The number of rotatable bonds is 5. The highest BCUT2D eigenvalue weighted by Crippen LogP contribution is 2.19. The molecule has 0 aliphatic rings. The normalized spacial score (nSPS) is 11.6. The van der Waals surface area contributed by atoms with Gasteiger partial charge in [0.1, 0.15) is 5.75 Å². The Hall–Kier alpha value is -1.88. The van der Waals surface area contributed by atoms with Crippen LogP contribution in [0, 0.1) is 6.92 Å². The molecule has 1 aromatic heterocycles.